The summed E-state index contributed by atoms with van der Waals surface area (Å²) in [6.45, 7) is 3.57. The van der Waals surface area contributed by atoms with Crippen LogP contribution in [0.1, 0.15) is 33.6 Å². The number of ether oxygens (including phenoxy) is 3. The van der Waals surface area contributed by atoms with E-state index in [1.165, 1.54) is 0 Å². The van der Waals surface area contributed by atoms with E-state index in [0.717, 1.165) is 25.1 Å². The molecule has 0 bridgehead atoms. The predicted molar refractivity (Wildman–Crippen MR) is 116 cm³/mol. The van der Waals surface area contributed by atoms with Gasteiger partial charge in [0, 0.05) is 30.8 Å². The Hall–Kier alpha value is -3.06. The molecule has 31 heavy (non-hydrogen) atoms. The van der Waals surface area contributed by atoms with Crippen LogP contribution < -0.4 is 9.47 Å². The Morgan fingerprint density at radius 3 is 2.16 bits per heavy atom. The largest absolute Gasteiger partial charge is 0.497 e. The van der Waals surface area contributed by atoms with Crippen LogP contribution in [0.25, 0.3) is 0 Å². The molecule has 2 aliphatic heterocycles. The van der Waals surface area contributed by atoms with Crippen molar-refractivity contribution in [2.45, 2.75) is 18.9 Å². The lowest BCUT2D eigenvalue weighted by molar-refractivity contribution is 0.0303. The molecular weight excluding hydrogens is 396 g/mol. The zero-order valence-corrected chi connectivity index (χ0v) is 17.8. The zero-order valence-electron chi connectivity index (χ0n) is 17.8. The van der Waals surface area contributed by atoms with Crippen LogP contribution in [0.5, 0.6) is 11.5 Å². The molecule has 0 spiro atoms. The van der Waals surface area contributed by atoms with Crippen LogP contribution in [-0.4, -0.2) is 74.2 Å². The van der Waals surface area contributed by atoms with Crippen LogP contribution in [0.3, 0.4) is 0 Å². The van der Waals surface area contributed by atoms with Gasteiger partial charge in [0.2, 0.25) is 0 Å². The highest BCUT2D eigenvalue weighted by atomic mass is 16.5. The van der Waals surface area contributed by atoms with E-state index in [4.69, 9.17) is 14.2 Å². The molecule has 1 atom stereocenters. The molecule has 2 aliphatic rings. The number of carbonyl (C=O) groups excluding carboxylic acids is 2. The summed E-state index contributed by atoms with van der Waals surface area (Å²) in [5.74, 6) is 1.46. The third-order valence-corrected chi connectivity index (χ3v) is 5.82. The Kier molecular flexibility index (Phi) is 6.72. The fraction of sp³-hybridized carbons (Fsp3) is 0.417. The number of hydrogen-bond donors (Lipinski definition) is 0. The van der Waals surface area contributed by atoms with Gasteiger partial charge in [-0.25, -0.2) is 0 Å². The highest BCUT2D eigenvalue weighted by molar-refractivity contribution is 5.95. The van der Waals surface area contributed by atoms with Gasteiger partial charge in [-0.1, -0.05) is 0 Å². The van der Waals surface area contributed by atoms with Crippen molar-refractivity contribution in [2.75, 3.05) is 46.6 Å². The maximum atomic E-state index is 12.9. The van der Waals surface area contributed by atoms with Crippen LogP contribution in [0.15, 0.2) is 48.5 Å². The molecule has 0 saturated carbocycles. The van der Waals surface area contributed by atoms with Crippen molar-refractivity contribution in [2.24, 2.45) is 0 Å². The minimum atomic E-state index is 0.0141. The van der Waals surface area contributed by atoms with E-state index in [2.05, 4.69) is 0 Å². The summed E-state index contributed by atoms with van der Waals surface area (Å²) in [6, 6.07) is 14.4. The van der Waals surface area contributed by atoms with Crippen molar-refractivity contribution in [3.05, 3.63) is 59.7 Å². The average molecular weight is 424 g/mol. The second-order valence-electron chi connectivity index (χ2n) is 7.76. The topological polar surface area (TPSA) is 68.3 Å². The van der Waals surface area contributed by atoms with Crippen molar-refractivity contribution >= 4 is 11.8 Å². The number of rotatable bonds is 6. The minimum Gasteiger partial charge on any atom is -0.497 e. The van der Waals surface area contributed by atoms with E-state index in [1.54, 1.807) is 48.4 Å². The van der Waals surface area contributed by atoms with Gasteiger partial charge in [-0.05, 0) is 61.4 Å². The SMILES string of the molecule is COc1ccc(C(=O)N2CCC[C@@H]2COc2ccc(C(=O)N3CCOCC3)cc2)cc1. The molecule has 7 heteroatoms. The van der Waals surface area contributed by atoms with E-state index in [9.17, 15) is 9.59 Å². The Morgan fingerprint density at radius 2 is 1.52 bits per heavy atom. The Morgan fingerprint density at radius 1 is 0.903 bits per heavy atom. The second-order valence-corrected chi connectivity index (χ2v) is 7.76. The fourth-order valence-corrected chi connectivity index (χ4v) is 4.01. The highest BCUT2D eigenvalue weighted by Gasteiger charge is 2.30. The van der Waals surface area contributed by atoms with Crippen LogP contribution in [0, 0.1) is 0 Å². The summed E-state index contributed by atoms with van der Waals surface area (Å²) in [4.78, 5) is 29.2. The molecule has 2 fully saturated rings. The molecule has 7 nitrogen and oxygen atoms in total. The lowest BCUT2D eigenvalue weighted by Gasteiger charge is -2.27. The normalized spacial score (nSPS) is 18.7. The first-order valence-electron chi connectivity index (χ1n) is 10.7. The van der Waals surface area contributed by atoms with Crippen molar-refractivity contribution in [3.63, 3.8) is 0 Å². The zero-order chi connectivity index (χ0) is 21.6. The Labute approximate surface area is 182 Å². The van der Waals surface area contributed by atoms with Crippen molar-refractivity contribution in [1.29, 1.82) is 0 Å². The molecule has 0 aromatic heterocycles. The minimum absolute atomic E-state index is 0.0141. The molecule has 0 N–H and O–H groups in total. The number of amides is 2. The molecule has 2 heterocycles. The fourth-order valence-electron chi connectivity index (χ4n) is 4.01. The Balaban J connectivity index is 1.33. The van der Waals surface area contributed by atoms with Gasteiger partial charge in [-0.3, -0.25) is 9.59 Å². The summed E-state index contributed by atoms with van der Waals surface area (Å²) in [5, 5.41) is 0. The highest BCUT2D eigenvalue weighted by Crippen LogP contribution is 2.23. The number of nitrogens with zero attached hydrogens (tertiary/aromatic N) is 2. The van der Waals surface area contributed by atoms with Crippen LogP contribution >= 0.6 is 0 Å². The maximum absolute atomic E-state index is 12.9. The van der Waals surface area contributed by atoms with Crippen LogP contribution in [-0.2, 0) is 4.74 Å². The molecule has 2 aromatic carbocycles. The third kappa shape index (κ3) is 4.99. The van der Waals surface area contributed by atoms with Gasteiger partial charge in [0.05, 0.1) is 26.4 Å². The number of methoxy groups -OCH3 is 1. The number of carbonyl (C=O) groups is 2. The lowest BCUT2D eigenvalue weighted by Crippen LogP contribution is -2.40. The summed E-state index contributed by atoms with van der Waals surface area (Å²) in [5.41, 5.74) is 1.30. The quantitative estimate of drug-likeness (QED) is 0.713. The molecule has 2 saturated heterocycles. The lowest BCUT2D eigenvalue weighted by atomic mass is 10.1. The van der Waals surface area contributed by atoms with E-state index in [1.807, 2.05) is 17.0 Å². The van der Waals surface area contributed by atoms with E-state index < -0.39 is 0 Å². The molecule has 2 aromatic rings. The van der Waals surface area contributed by atoms with Crippen molar-refractivity contribution < 1.29 is 23.8 Å². The van der Waals surface area contributed by atoms with Gasteiger partial charge in [0.25, 0.3) is 11.8 Å². The molecule has 4 rings (SSSR count). The summed E-state index contributed by atoms with van der Waals surface area (Å²) < 4.78 is 16.4. The van der Waals surface area contributed by atoms with Crippen molar-refractivity contribution in [3.8, 4) is 11.5 Å². The molecular formula is C24H28N2O5. The number of likely N-dealkylation sites (tertiary alicyclic amines) is 1. The molecule has 164 valence electrons. The average Bonchev–Trinajstić information content (AvgIpc) is 3.31. The van der Waals surface area contributed by atoms with E-state index >= 15 is 0 Å². The predicted octanol–water partition coefficient (Wildman–Crippen LogP) is 2.85. The summed E-state index contributed by atoms with van der Waals surface area (Å²) in [7, 11) is 1.61. The summed E-state index contributed by atoms with van der Waals surface area (Å²) in [6.07, 6.45) is 1.87. The molecule has 0 aliphatic carbocycles. The summed E-state index contributed by atoms with van der Waals surface area (Å²) >= 11 is 0. The van der Waals surface area contributed by atoms with E-state index in [0.29, 0.717) is 49.8 Å². The number of hydrogen-bond acceptors (Lipinski definition) is 5. The standard InChI is InChI=1S/C24H28N2O5/c1-29-21-8-4-19(5-9-21)24(28)26-12-2-3-20(26)17-31-22-10-6-18(7-11-22)23(27)25-13-15-30-16-14-25/h4-11,20H,2-3,12-17H2,1H3/t20-/m1/s1. The van der Waals surface area contributed by atoms with Crippen molar-refractivity contribution in [1.82, 2.24) is 9.80 Å². The van der Waals surface area contributed by atoms with Gasteiger partial charge in [0.1, 0.15) is 18.1 Å². The van der Waals surface area contributed by atoms with Crippen LogP contribution in [0.2, 0.25) is 0 Å². The first-order valence-corrected chi connectivity index (χ1v) is 10.7. The van der Waals surface area contributed by atoms with Gasteiger partial charge < -0.3 is 24.0 Å². The Bertz CT molecular complexity index is 891. The van der Waals surface area contributed by atoms with Gasteiger partial charge in [-0.15, -0.1) is 0 Å². The van der Waals surface area contributed by atoms with Gasteiger partial charge >= 0.3 is 0 Å². The van der Waals surface area contributed by atoms with Gasteiger partial charge in [0.15, 0.2) is 0 Å². The maximum Gasteiger partial charge on any atom is 0.254 e. The van der Waals surface area contributed by atoms with Crippen LogP contribution in [0.4, 0.5) is 0 Å². The molecule has 0 radical (unpaired) electrons. The van der Waals surface area contributed by atoms with Gasteiger partial charge in [-0.2, -0.15) is 0 Å². The first-order chi connectivity index (χ1) is 15.2. The third-order valence-electron chi connectivity index (χ3n) is 5.82. The number of morpholine rings is 1. The first kappa shape index (κ1) is 21.2. The molecule has 2 amide bonds. The van der Waals surface area contributed by atoms with E-state index in [-0.39, 0.29) is 17.9 Å². The smallest absolute Gasteiger partial charge is 0.254 e. The number of benzene rings is 2. The molecule has 0 unspecified atom stereocenters. The monoisotopic (exact) mass is 424 g/mol. The second kappa shape index (κ2) is 9.83.